The minimum absolute atomic E-state index is 0.0107. The minimum atomic E-state index is -0.0107. The molecule has 2 aromatic heterocycles. The van der Waals surface area contributed by atoms with E-state index in [0.717, 1.165) is 31.0 Å². The van der Waals surface area contributed by atoms with Gasteiger partial charge in [0.25, 0.3) is 0 Å². The number of hydrogen-bond donors (Lipinski definition) is 1. The van der Waals surface area contributed by atoms with Crippen molar-refractivity contribution in [2.45, 2.75) is 46.3 Å². The van der Waals surface area contributed by atoms with E-state index in [0.29, 0.717) is 0 Å². The molecule has 2 heterocycles. The van der Waals surface area contributed by atoms with E-state index in [1.165, 1.54) is 5.56 Å². The quantitative estimate of drug-likeness (QED) is 0.874. The third-order valence-electron chi connectivity index (χ3n) is 2.99. The molecule has 2 aromatic rings. The first-order valence-electron chi connectivity index (χ1n) is 6.40. The molecule has 0 bridgehead atoms. The number of nitrogens with zero attached hydrogens (tertiary/aromatic N) is 4. The minimum Gasteiger partial charge on any atom is -0.333 e. The van der Waals surface area contributed by atoms with E-state index in [-0.39, 0.29) is 6.04 Å². The van der Waals surface area contributed by atoms with Crippen LogP contribution in [0.2, 0.25) is 0 Å². The van der Waals surface area contributed by atoms with Crippen molar-refractivity contribution in [1.82, 2.24) is 19.3 Å². The van der Waals surface area contributed by atoms with E-state index in [9.17, 15) is 0 Å². The van der Waals surface area contributed by atoms with Crippen LogP contribution < -0.4 is 5.73 Å². The van der Waals surface area contributed by atoms with E-state index in [1.807, 2.05) is 24.7 Å². The molecule has 0 radical (unpaired) electrons. The van der Waals surface area contributed by atoms with Gasteiger partial charge in [0.2, 0.25) is 0 Å². The predicted octanol–water partition coefficient (Wildman–Crippen LogP) is 1.67. The lowest BCUT2D eigenvalue weighted by molar-refractivity contribution is 0.521. The zero-order valence-electron chi connectivity index (χ0n) is 11.3. The van der Waals surface area contributed by atoms with Gasteiger partial charge in [-0.05, 0) is 19.4 Å². The van der Waals surface area contributed by atoms with Gasteiger partial charge in [-0.2, -0.15) is 5.10 Å². The van der Waals surface area contributed by atoms with Gasteiger partial charge in [-0.1, -0.05) is 6.92 Å². The molecule has 1 unspecified atom stereocenters. The van der Waals surface area contributed by atoms with Crippen LogP contribution in [0.3, 0.4) is 0 Å². The molecule has 0 amide bonds. The van der Waals surface area contributed by atoms with Crippen LogP contribution in [0.15, 0.2) is 18.6 Å². The van der Waals surface area contributed by atoms with Gasteiger partial charge in [0.1, 0.15) is 5.82 Å². The van der Waals surface area contributed by atoms with Gasteiger partial charge >= 0.3 is 0 Å². The SMILES string of the molecule is CCc1nc(C(C)N)cn1CCn1cc(C)cn1. The summed E-state index contributed by atoms with van der Waals surface area (Å²) in [6, 6.07) is -0.0107. The van der Waals surface area contributed by atoms with Crippen LogP contribution in [-0.2, 0) is 19.5 Å². The summed E-state index contributed by atoms with van der Waals surface area (Å²) in [6.45, 7) is 7.86. The van der Waals surface area contributed by atoms with E-state index >= 15 is 0 Å². The lowest BCUT2D eigenvalue weighted by atomic mass is 10.3. The second kappa shape index (κ2) is 5.35. The molecule has 0 saturated carbocycles. The maximum absolute atomic E-state index is 5.87. The summed E-state index contributed by atoms with van der Waals surface area (Å²) in [6.07, 6.45) is 6.90. The molecule has 0 saturated heterocycles. The number of nitrogens with two attached hydrogens (primary N) is 1. The Bertz CT molecular complexity index is 509. The van der Waals surface area contributed by atoms with Crippen LogP contribution in [0.25, 0.3) is 0 Å². The van der Waals surface area contributed by atoms with Crippen LogP contribution in [0.4, 0.5) is 0 Å². The number of hydrogen-bond acceptors (Lipinski definition) is 3. The highest BCUT2D eigenvalue weighted by Gasteiger charge is 2.09. The fraction of sp³-hybridized carbons (Fsp3) is 0.538. The number of aromatic nitrogens is 4. The van der Waals surface area contributed by atoms with Crippen molar-refractivity contribution >= 4 is 0 Å². The maximum Gasteiger partial charge on any atom is 0.108 e. The lowest BCUT2D eigenvalue weighted by Crippen LogP contribution is -2.09. The van der Waals surface area contributed by atoms with Crippen molar-refractivity contribution in [1.29, 1.82) is 0 Å². The maximum atomic E-state index is 5.87. The number of aryl methyl sites for hydroxylation is 4. The van der Waals surface area contributed by atoms with Crippen LogP contribution in [0, 0.1) is 6.92 Å². The summed E-state index contributed by atoms with van der Waals surface area (Å²) in [4.78, 5) is 4.55. The zero-order valence-corrected chi connectivity index (χ0v) is 11.3. The van der Waals surface area contributed by atoms with Gasteiger partial charge in [0, 0.05) is 31.4 Å². The van der Waals surface area contributed by atoms with E-state index in [4.69, 9.17) is 5.73 Å². The van der Waals surface area contributed by atoms with Crippen molar-refractivity contribution in [2.75, 3.05) is 0 Å². The van der Waals surface area contributed by atoms with Crippen LogP contribution in [-0.4, -0.2) is 19.3 Å². The number of rotatable bonds is 5. The van der Waals surface area contributed by atoms with Crippen molar-refractivity contribution in [3.63, 3.8) is 0 Å². The molecular formula is C13H21N5. The summed E-state index contributed by atoms with van der Waals surface area (Å²) >= 11 is 0. The van der Waals surface area contributed by atoms with Crippen LogP contribution in [0.1, 0.15) is 37.0 Å². The molecule has 0 spiro atoms. The molecule has 5 nitrogen and oxygen atoms in total. The Balaban J connectivity index is 2.08. The molecule has 98 valence electrons. The Morgan fingerprint density at radius 3 is 2.67 bits per heavy atom. The molecule has 5 heteroatoms. The first-order valence-corrected chi connectivity index (χ1v) is 6.40. The highest BCUT2D eigenvalue weighted by Crippen LogP contribution is 2.11. The van der Waals surface area contributed by atoms with Crippen LogP contribution in [0.5, 0.6) is 0 Å². The second-order valence-electron chi connectivity index (χ2n) is 4.70. The molecule has 0 aromatic carbocycles. The average Bonchev–Trinajstić information content (AvgIpc) is 2.92. The summed E-state index contributed by atoms with van der Waals surface area (Å²) in [5, 5.41) is 4.29. The van der Waals surface area contributed by atoms with Gasteiger partial charge in [0.05, 0.1) is 18.4 Å². The van der Waals surface area contributed by atoms with Gasteiger partial charge in [0.15, 0.2) is 0 Å². The lowest BCUT2D eigenvalue weighted by Gasteiger charge is -2.06. The molecule has 0 aliphatic carbocycles. The average molecular weight is 247 g/mol. The molecular weight excluding hydrogens is 226 g/mol. The topological polar surface area (TPSA) is 61.7 Å². The third-order valence-corrected chi connectivity index (χ3v) is 2.99. The molecule has 18 heavy (non-hydrogen) atoms. The van der Waals surface area contributed by atoms with Gasteiger partial charge < -0.3 is 10.3 Å². The summed E-state index contributed by atoms with van der Waals surface area (Å²) < 4.78 is 4.13. The summed E-state index contributed by atoms with van der Waals surface area (Å²) in [5.74, 6) is 1.09. The largest absolute Gasteiger partial charge is 0.333 e. The fourth-order valence-electron chi connectivity index (χ4n) is 1.97. The van der Waals surface area contributed by atoms with E-state index < -0.39 is 0 Å². The molecule has 0 fully saturated rings. The molecule has 2 N–H and O–H groups in total. The molecule has 1 atom stereocenters. The summed E-state index contributed by atoms with van der Waals surface area (Å²) in [5.41, 5.74) is 8.02. The summed E-state index contributed by atoms with van der Waals surface area (Å²) in [7, 11) is 0. The van der Waals surface area contributed by atoms with E-state index in [1.54, 1.807) is 0 Å². The smallest absolute Gasteiger partial charge is 0.108 e. The monoisotopic (exact) mass is 247 g/mol. The Morgan fingerprint density at radius 2 is 2.11 bits per heavy atom. The predicted molar refractivity (Wildman–Crippen MR) is 71.2 cm³/mol. The Hall–Kier alpha value is -1.62. The second-order valence-corrected chi connectivity index (χ2v) is 4.70. The normalized spacial score (nSPS) is 12.9. The van der Waals surface area contributed by atoms with Gasteiger partial charge in [-0.25, -0.2) is 4.98 Å². The highest BCUT2D eigenvalue weighted by atomic mass is 15.3. The standard InChI is InChI=1S/C13H21N5/c1-4-13-16-12(11(3)14)9-17(13)5-6-18-8-10(2)7-15-18/h7-9,11H,4-6,14H2,1-3H3. The fourth-order valence-corrected chi connectivity index (χ4v) is 1.97. The van der Waals surface area contributed by atoms with E-state index in [2.05, 4.69) is 34.0 Å². The van der Waals surface area contributed by atoms with Gasteiger partial charge in [-0.3, -0.25) is 4.68 Å². The zero-order chi connectivity index (χ0) is 13.1. The van der Waals surface area contributed by atoms with Crippen molar-refractivity contribution in [2.24, 2.45) is 5.73 Å². The first-order chi connectivity index (χ1) is 8.60. The van der Waals surface area contributed by atoms with Crippen LogP contribution >= 0.6 is 0 Å². The first kappa shape index (κ1) is 12.8. The third kappa shape index (κ3) is 2.79. The van der Waals surface area contributed by atoms with Crippen molar-refractivity contribution in [3.05, 3.63) is 35.7 Å². The molecule has 0 aliphatic rings. The van der Waals surface area contributed by atoms with Crippen molar-refractivity contribution in [3.8, 4) is 0 Å². The number of imidazole rings is 1. The van der Waals surface area contributed by atoms with Gasteiger partial charge in [-0.15, -0.1) is 0 Å². The highest BCUT2D eigenvalue weighted by molar-refractivity contribution is 5.08. The Labute approximate surface area is 108 Å². The Morgan fingerprint density at radius 1 is 1.33 bits per heavy atom. The van der Waals surface area contributed by atoms with Crippen molar-refractivity contribution < 1.29 is 0 Å². The molecule has 0 aliphatic heterocycles. The molecule has 2 rings (SSSR count). The Kier molecular flexibility index (Phi) is 3.81.